The van der Waals surface area contributed by atoms with Crippen LogP contribution < -0.4 is 5.32 Å². The van der Waals surface area contributed by atoms with E-state index in [1.807, 2.05) is 0 Å². The van der Waals surface area contributed by atoms with E-state index >= 15 is 0 Å². The van der Waals surface area contributed by atoms with Gasteiger partial charge in [0.05, 0.1) is 0 Å². The van der Waals surface area contributed by atoms with Crippen molar-refractivity contribution in [3.05, 3.63) is 12.8 Å². The van der Waals surface area contributed by atoms with E-state index in [-0.39, 0.29) is 12.5 Å². The van der Waals surface area contributed by atoms with Crippen LogP contribution in [-0.4, -0.2) is 23.4 Å². The molecule has 0 aromatic rings. The Bertz CT molecular complexity index is 176. The Kier molecular flexibility index (Phi) is 1.22. The zero-order valence-corrected chi connectivity index (χ0v) is 4.76. The summed E-state index contributed by atoms with van der Waals surface area (Å²) in [5.74, 6) is -0.278. The van der Waals surface area contributed by atoms with Gasteiger partial charge < -0.3 is 0 Å². The van der Waals surface area contributed by atoms with Crippen LogP contribution in [0.3, 0.4) is 0 Å². The van der Waals surface area contributed by atoms with Crippen molar-refractivity contribution in [1.82, 2.24) is 10.2 Å². The molecule has 0 aromatic heterocycles. The van der Waals surface area contributed by atoms with Gasteiger partial charge in [0.15, 0.2) is 0 Å². The molecule has 1 rings (SSSR count). The van der Waals surface area contributed by atoms with Crippen molar-refractivity contribution in [1.29, 1.82) is 0 Å². The Morgan fingerprint density at radius 2 is 2.33 bits per heavy atom. The summed E-state index contributed by atoms with van der Waals surface area (Å²) in [6, 6.07) is -0.394. The van der Waals surface area contributed by atoms with Gasteiger partial charge in [-0.05, 0) is 0 Å². The first-order valence-corrected chi connectivity index (χ1v) is 2.47. The Labute approximate surface area is 52.1 Å². The summed E-state index contributed by atoms with van der Waals surface area (Å²) >= 11 is 0. The predicted molar refractivity (Wildman–Crippen MR) is 30.4 cm³/mol. The standard InChI is InChI=1S/C5H6N2O2/c1-2-7-3-4(8)6-5(7)9/h2H,1,3H2,(H,6,8,9). The third kappa shape index (κ3) is 0.910. The van der Waals surface area contributed by atoms with Gasteiger partial charge in [0.25, 0.3) is 0 Å². The smallest absolute Gasteiger partial charge is 0.292 e. The lowest BCUT2D eigenvalue weighted by atomic mass is 10.6. The average Bonchev–Trinajstić information content (AvgIpc) is 2.10. The van der Waals surface area contributed by atoms with Gasteiger partial charge in [-0.2, -0.15) is 0 Å². The number of urea groups is 1. The molecule has 0 atom stereocenters. The number of nitrogens with one attached hydrogen (secondary N) is 1. The zero-order chi connectivity index (χ0) is 6.85. The van der Waals surface area contributed by atoms with Crippen molar-refractivity contribution in [3.63, 3.8) is 0 Å². The molecule has 1 fully saturated rings. The van der Waals surface area contributed by atoms with Gasteiger partial charge >= 0.3 is 6.03 Å². The highest BCUT2D eigenvalue weighted by atomic mass is 16.2. The van der Waals surface area contributed by atoms with Crippen LogP contribution in [0.5, 0.6) is 0 Å². The number of amides is 3. The van der Waals surface area contributed by atoms with Crippen molar-refractivity contribution < 1.29 is 9.59 Å². The minimum absolute atomic E-state index is 0.0995. The summed E-state index contributed by atoms with van der Waals surface area (Å²) in [5.41, 5.74) is 0. The Morgan fingerprint density at radius 1 is 1.67 bits per heavy atom. The van der Waals surface area contributed by atoms with Gasteiger partial charge in [0.1, 0.15) is 6.54 Å². The van der Waals surface area contributed by atoms with Crippen molar-refractivity contribution in [2.24, 2.45) is 0 Å². The second-order valence-electron chi connectivity index (χ2n) is 1.66. The molecule has 3 amide bonds. The van der Waals surface area contributed by atoms with E-state index in [4.69, 9.17) is 0 Å². The maximum atomic E-state index is 10.5. The molecular formula is C5H6N2O2. The number of rotatable bonds is 1. The molecule has 0 saturated carbocycles. The molecule has 1 aliphatic heterocycles. The van der Waals surface area contributed by atoms with Crippen LogP contribution in [0.25, 0.3) is 0 Å². The lowest BCUT2D eigenvalue weighted by molar-refractivity contribution is -0.118. The molecule has 0 unspecified atom stereocenters. The molecule has 0 aromatic carbocycles. The largest absolute Gasteiger partial charge is 0.328 e. The highest BCUT2D eigenvalue weighted by Crippen LogP contribution is 1.95. The van der Waals surface area contributed by atoms with Gasteiger partial charge in [0, 0.05) is 6.20 Å². The number of hydrogen-bond acceptors (Lipinski definition) is 2. The Morgan fingerprint density at radius 3 is 2.56 bits per heavy atom. The first-order chi connectivity index (χ1) is 4.24. The lowest BCUT2D eigenvalue weighted by Gasteiger charge is -2.01. The normalized spacial score (nSPS) is 18.0. The van der Waals surface area contributed by atoms with E-state index in [2.05, 4.69) is 11.9 Å². The summed E-state index contributed by atoms with van der Waals surface area (Å²) in [7, 11) is 0. The summed E-state index contributed by atoms with van der Waals surface area (Å²) in [5, 5.41) is 2.09. The maximum absolute atomic E-state index is 10.5. The molecule has 0 radical (unpaired) electrons. The molecular weight excluding hydrogens is 120 g/mol. The average molecular weight is 126 g/mol. The van der Waals surface area contributed by atoms with Crippen LogP contribution in [0.2, 0.25) is 0 Å². The lowest BCUT2D eigenvalue weighted by Crippen LogP contribution is -2.23. The monoisotopic (exact) mass is 126 g/mol. The maximum Gasteiger partial charge on any atom is 0.328 e. The number of nitrogens with zero attached hydrogens (tertiary/aromatic N) is 1. The fourth-order valence-electron chi connectivity index (χ4n) is 0.605. The van der Waals surface area contributed by atoms with E-state index in [9.17, 15) is 9.59 Å². The van der Waals surface area contributed by atoms with Crippen LogP contribution in [0, 0.1) is 0 Å². The fraction of sp³-hybridized carbons (Fsp3) is 0.200. The SMILES string of the molecule is C=CN1CC(=O)NC1=O. The van der Waals surface area contributed by atoms with Crippen LogP contribution in [-0.2, 0) is 4.79 Å². The molecule has 0 bridgehead atoms. The van der Waals surface area contributed by atoms with Crippen molar-refractivity contribution >= 4 is 11.9 Å². The third-order valence-electron chi connectivity index (χ3n) is 1.04. The molecule has 4 heteroatoms. The predicted octanol–water partition coefficient (Wildman–Crippen LogP) is -0.318. The summed E-state index contributed by atoms with van der Waals surface area (Å²) in [4.78, 5) is 22.2. The van der Waals surface area contributed by atoms with Crippen LogP contribution in [0.1, 0.15) is 0 Å². The number of imide groups is 1. The van der Waals surface area contributed by atoms with Crippen molar-refractivity contribution in [3.8, 4) is 0 Å². The van der Waals surface area contributed by atoms with Gasteiger partial charge in [0.2, 0.25) is 5.91 Å². The Balaban J connectivity index is 2.68. The van der Waals surface area contributed by atoms with Gasteiger partial charge in [-0.3, -0.25) is 15.0 Å². The minimum atomic E-state index is -0.394. The second kappa shape index (κ2) is 1.89. The van der Waals surface area contributed by atoms with E-state index in [0.717, 1.165) is 0 Å². The molecule has 4 nitrogen and oxygen atoms in total. The van der Waals surface area contributed by atoms with Crippen molar-refractivity contribution in [2.75, 3.05) is 6.54 Å². The summed E-state index contributed by atoms with van der Waals surface area (Å²) in [6.07, 6.45) is 1.32. The zero-order valence-electron chi connectivity index (χ0n) is 4.76. The molecule has 0 spiro atoms. The Hall–Kier alpha value is -1.32. The highest BCUT2D eigenvalue weighted by molar-refractivity contribution is 6.02. The summed E-state index contributed by atoms with van der Waals surface area (Å²) < 4.78 is 0. The molecule has 1 heterocycles. The van der Waals surface area contributed by atoms with E-state index in [1.165, 1.54) is 11.1 Å². The first kappa shape index (κ1) is 5.81. The third-order valence-corrected chi connectivity index (χ3v) is 1.04. The van der Waals surface area contributed by atoms with Gasteiger partial charge in [-0.15, -0.1) is 0 Å². The van der Waals surface area contributed by atoms with E-state index in [1.54, 1.807) is 0 Å². The minimum Gasteiger partial charge on any atom is -0.292 e. The molecule has 1 N–H and O–H groups in total. The van der Waals surface area contributed by atoms with Gasteiger partial charge in [-0.25, -0.2) is 4.79 Å². The molecule has 1 aliphatic rings. The van der Waals surface area contributed by atoms with Crippen LogP contribution in [0.4, 0.5) is 4.79 Å². The summed E-state index contributed by atoms with van der Waals surface area (Å²) in [6.45, 7) is 3.44. The first-order valence-electron chi connectivity index (χ1n) is 2.47. The molecule has 0 aliphatic carbocycles. The van der Waals surface area contributed by atoms with E-state index < -0.39 is 6.03 Å². The van der Waals surface area contributed by atoms with Crippen molar-refractivity contribution in [2.45, 2.75) is 0 Å². The second-order valence-corrected chi connectivity index (χ2v) is 1.66. The van der Waals surface area contributed by atoms with E-state index in [0.29, 0.717) is 0 Å². The quantitative estimate of drug-likeness (QED) is 0.489. The number of carbonyl (C=O) groups is 2. The topological polar surface area (TPSA) is 49.4 Å². The number of carbonyl (C=O) groups excluding carboxylic acids is 2. The highest BCUT2D eigenvalue weighted by Gasteiger charge is 2.23. The fourth-order valence-corrected chi connectivity index (χ4v) is 0.605. The molecule has 1 saturated heterocycles. The van der Waals surface area contributed by atoms with Gasteiger partial charge in [-0.1, -0.05) is 6.58 Å². The number of hydrogen-bond donors (Lipinski definition) is 1. The van der Waals surface area contributed by atoms with Crippen LogP contribution >= 0.6 is 0 Å². The molecule has 9 heavy (non-hydrogen) atoms. The van der Waals surface area contributed by atoms with Crippen LogP contribution in [0.15, 0.2) is 12.8 Å². The molecule has 48 valence electrons.